The van der Waals surface area contributed by atoms with Crippen LogP contribution < -0.4 is 5.32 Å². The van der Waals surface area contributed by atoms with Gasteiger partial charge < -0.3 is 5.32 Å². The molecule has 0 saturated heterocycles. The first kappa shape index (κ1) is 18.3. The highest BCUT2D eigenvalue weighted by atomic mass is 19.4. The zero-order valence-corrected chi connectivity index (χ0v) is 13.2. The lowest BCUT2D eigenvalue weighted by Gasteiger charge is -2.18. The standard InChI is InChI=1S/C17H21F4N/c1-6-11(4)15-14(17(19,20)21)8-7-13(16(15)18)9-22-12(5)10(2)3/h6-8,10,22H,5,9H2,1-4H3/b11-6-. The van der Waals surface area contributed by atoms with Crippen LogP contribution in [0.4, 0.5) is 17.6 Å². The first-order chi connectivity index (χ1) is 10.1. The van der Waals surface area contributed by atoms with Gasteiger partial charge in [0, 0.05) is 23.4 Å². The number of nitrogens with one attached hydrogen (secondary N) is 1. The van der Waals surface area contributed by atoms with Gasteiger partial charge in [0.05, 0.1) is 5.56 Å². The van der Waals surface area contributed by atoms with Crippen LogP contribution in [0.2, 0.25) is 0 Å². The Morgan fingerprint density at radius 3 is 2.36 bits per heavy atom. The average Bonchev–Trinajstić information content (AvgIpc) is 2.43. The molecule has 0 aliphatic heterocycles. The van der Waals surface area contributed by atoms with Crippen molar-refractivity contribution in [2.45, 2.75) is 40.4 Å². The number of rotatable bonds is 5. The Balaban J connectivity index is 3.27. The van der Waals surface area contributed by atoms with Gasteiger partial charge in [-0.25, -0.2) is 4.39 Å². The summed E-state index contributed by atoms with van der Waals surface area (Å²) in [5.41, 5.74) is -0.180. The smallest absolute Gasteiger partial charge is 0.384 e. The summed E-state index contributed by atoms with van der Waals surface area (Å²) in [6.07, 6.45) is -3.12. The van der Waals surface area contributed by atoms with Crippen LogP contribution >= 0.6 is 0 Å². The van der Waals surface area contributed by atoms with Crippen LogP contribution in [0.3, 0.4) is 0 Å². The van der Waals surface area contributed by atoms with E-state index in [0.717, 1.165) is 6.07 Å². The molecule has 1 nitrogen and oxygen atoms in total. The molecule has 0 fully saturated rings. The first-order valence-corrected chi connectivity index (χ1v) is 7.04. The van der Waals surface area contributed by atoms with Crippen molar-refractivity contribution >= 4 is 5.57 Å². The summed E-state index contributed by atoms with van der Waals surface area (Å²) in [6, 6.07) is 2.10. The first-order valence-electron chi connectivity index (χ1n) is 7.04. The summed E-state index contributed by atoms with van der Waals surface area (Å²) in [5.74, 6) is -0.677. The Hall–Kier alpha value is -1.78. The second-order valence-electron chi connectivity index (χ2n) is 5.46. The minimum atomic E-state index is -4.59. The van der Waals surface area contributed by atoms with E-state index in [9.17, 15) is 17.6 Å². The quantitative estimate of drug-likeness (QED) is 0.705. The molecule has 0 atom stereocenters. The Labute approximate surface area is 128 Å². The van der Waals surface area contributed by atoms with E-state index in [1.807, 2.05) is 13.8 Å². The number of allylic oxidation sites excluding steroid dienone is 3. The molecule has 22 heavy (non-hydrogen) atoms. The maximum absolute atomic E-state index is 14.5. The SMILES string of the molecule is C=C(NCc1ccc(C(F)(F)F)c(/C(C)=C\C)c1F)C(C)C. The number of benzene rings is 1. The van der Waals surface area contributed by atoms with Crippen LogP contribution in [0.15, 0.2) is 30.5 Å². The topological polar surface area (TPSA) is 12.0 Å². The minimum Gasteiger partial charge on any atom is -0.384 e. The highest BCUT2D eigenvalue weighted by molar-refractivity contribution is 5.68. The van der Waals surface area contributed by atoms with E-state index in [-0.39, 0.29) is 29.2 Å². The van der Waals surface area contributed by atoms with Crippen LogP contribution in [-0.4, -0.2) is 0 Å². The fraction of sp³-hybridized carbons (Fsp3) is 0.412. The van der Waals surface area contributed by atoms with Gasteiger partial charge in [-0.3, -0.25) is 0 Å². The Bertz CT molecular complexity index is 583. The summed E-state index contributed by atoms with van der Waals surface area (Å²) < 4.78 is 53.7. The molecule has 1 aromatic rings. The number of alkyl halides is 3. The molecule has 1 aromatic carbocycles. The van der Waals surface area contributed by atoms with Crippen molar-refractivity contribution < 1.29 is 17.6 Å². The molecule has 0 bridgehead atoms. The van der Waals surface area contributed by atoms with Crippen LogP contribution in [0, 0.1) is 11.7 Å². The van der Waals surface area contributed by atoms with Gasteiger partial charge in [-0.15, -0.1) is 0 Å². The van der Waals surface area contributed by atoms with Crippen LogP contribution in [0.5, 0.6) is 0 Å². The van der Waals surface area contributed by atoms with Gasteiger partial charge in [0.25, 0.3) is 0 Å². The van der Waals surface area contributed by atoms with Crippen molar-refractivity contribution in [3.8, 4) is 0 Å². The van der Waals surface area contributed by atoms with E-state index in [2.05, 4.69) is 11.9 Å². The predicted molar refractivity (Wildman–Crippen MR) is 81.5 cm³/mol. The Morgan fingerprint density at radius 2 is 1.91 bits per heavy atom. The highest BCUT2D eigenvalue weighted by Crippen LogP contribution is 2.37. The maximum Gasteiger partial charge on any atom is 0.417 e. The third-order valence-electron chi connectivity index (χ3n) is 3.56. The number of hydrogen-bond donors (Lipinski definition) is 1. The second-order valence-corrected chi connectivity index (χ2v) is 5.46. The highest BCUT2D eigenvalue weighted by Gasteiger charge is 2.35. The molecule has 0 unspecified atom stereocenters. The van der Waals surface area contributed by atoms with Crippen molar-refractivity contribution in [3.63, 3.8) is 0 Å². The van der Waals surface area contributed by atoms with Gasteiger partial charge in [-0.2, -0.15) is 13.2 Å². The molecule has 0 saturated carbocycles. The van der Waals surface area contributed by atoms with Crippen LogP contribution in [-0.2, 0) is 12.7 Å². The lowest BCUT2D eigenvalue weighted by Crippen LogP contribution is -2.18. The van der Waals surface area contributed by atoms with E-state index >= 15 is 0 Å². The lowest BCUT2D eigenvalue weighted by atomic mass is 9.96. The Morgan fingerprint density at radius 1 is 1.32 bits per heavy atom. The maximum atomic E-state index is 14.5. The van der Waals surface area contributed by atoms with Gasteiger partial charge in [-0.05, 0) is 31.4 Å². The summed E-state index contributed by atoms with van der Waals surface area (Å²) in [7, 11) is 0. The van der Waals surface area contributed by atoms with Crippen LogP contribution in [0.1, 0.15) is 44.4 Å². The number of halogens is 4. The molecule has 1 rings (SSSR count). The second kappa shape index (κ2) is 6.99. The van der Waals surface area contributed by atoms with E-state index in [1.54, 1.807) is 6.92 Å². The van der Waals surface area contributed by atoms with Gasteiger partial charge in [-0.1, -0.05) is 32.6 Å². The minimum absolute atomic E-state index is 0.102. The van der Waals surface area contributed by atoms with Gasteiger partial charge in [0.1, 0.15) is 5.82 Å². The summed E-state index contributed by atoms with van der Waals surface area (Å²) in [5, 5.41) is 2.95. The molecule has 0 spiro atoms. The monoisotopic (exact) mass is 315 g/mol. The molecule has 0 aliphatic rings. The van der Waals surface area contributed by atoms with E-state index in [0.29, 0.717) is 5.70 Å². The van der Waals surface area contributed by atoms with Crippen LogP contribution in [0.25, 0.3) is 5.57 Å². The molecular weight excluding hydrogens is 294 g/mol. The van der Waals surface area contributed by atoms with Crippen molar-refractivity contribution in [1.29, 1.82) is 0 Å². The summed E-state index contributed by atoms with van der Waals surface area (Å²) in [4.78, 5) is 0. The van der Waals surface area contributed by atoms with E-state index in [4.69, 9.17) is 0 Å². The molecule has 1 N–H and O–H groups in total. The zero-order valence-electron chi connectivity index (χ0n) is 13.2. The average molecular weight is 315 g/mol. The molecule has 0 radical (unpaired) electrons. The molecule has 0 aliphatic carbocycles. The van der Waals surface area contributed by atoms with Gasteiger partial charge in [0.2, 0.25) is 0 Å². The van der Waals surface area contributed by atoms with E-state index < -0.39 is 17.6 Å². The molecular formula is C17H21F4N. The lowest BCUT2D eigenvalue weighted by molar-refractivity contribution is -0.138. The van der Waals surface area contributed by atoms with Crippen molar-refractivity contribution in [3.05, 3.63) is 53.0 Å². The zero-order chi connectivity index (χ0) is 17.1. The van der Waals surface area contributed by atoms with Gasteiger partial charge in [0.15, 0.2) is 0 Å². The fourth-order valence-electron chi connectivity index (χ4n) is 1.93. The third kappa shape index (κ3) is 4.12. The summed E-state index contributed by atoms with van der Waals surface area (Å²) in [6.45, 7) is 10.8. The molecule has 122 valence electrons. The van der Waals surface area contributed by atoms with E-state index in [1.165, 1.54) is 19.1 Å². The van der Waals surface area contributed by atoms with Gasteiger partial charge >= 0.3 is 6.18 Å². The molecule has 0 heterocycles. The fourth-order valence-corrected chi connectivity index (χ4v) is 1.93. The largest absolute Gasteiger partial charge is 0.417 e. The third-order valence-corrected chi connectivity index (χ3v) is 3.56. The Kier molecular flexibility index (Phi) is 5.80. The van der Waals surface area contributed by atoms with Crippen molar-refractivity contribution in [1.82, 2.24) is 5.32 Å². The predicted octanol–water partition coefficient (Wildman–Crippen LogP) is 5.53. The molecule has 5 heteroatoms. The van der Waals surface area contributed by atoms with Crippen molar-refractivity contribution in [2.75, 3.05) is 0 Å². The van der Waals surface area contributed by atoms with Crippen molar-refractivity contribution in [2.24, 2.45) is 5.92 Å². The normalized spacial score (nSPS) is 12.7. The summed E-state index contributed by atoms with van der Waals surface area (Å²) >= 11 is 0. The number of hydrogen-bond acceptors (Lipinski definition) is 1. The molecule has 0 aromatic heterocycles. The molecule has 0 amide bonds.